The number of benzene rings is 2. The third kappa shape index (κ3) is 5.37. The molecule has 0 aliphatic carbocycles. The van der Waals surface area contributed by atoms with Gasteiger partial charge in [-0.2, -0.15) is 0 Å². The molecular weight excluding hydrogens is 336 g/mol. The summed E-state index contributed by atoms with van der Waals surface area (Å²) in [5, 5.41) is 1.85. The predicted molar refractivity (Wildman–Crippen MR) is 97.3 cm³/mol. The first-order chi connectivity index (χ1) is 12.7. The molecule has 0 aromatic heterocycles. The third-order valence-electron chi connectivity index (χ3n) is 3.34. The summed E-state index contributed by atoms with van der Waals surface area (Å²) < 4.78 is 21.3. The van der Waals surface area contributed by atoms with Crippen LogP contribution in [-0.2, 0) is 19.1 Å². The number of esters is 2. The van der Waals surface area contributed by atoms with Gasteiger partial charge in [-0.1, -0.05) is 43.5 Å². The van der Waals surface area contributed by atoms with Gasteiger partial charge in [-0.15, -0.1) is 0 Å². The minimum absolute atomic E-state index is 0.0878. The summed E-state index contributed by atoms with van der Waals surface area (Å²) in [6.07, 6.45) is 2.19. The summed E-state index contributed by atoms with van der Waals surface area (Å²) >= 11 is 0. The summed E-state index contributed by atoms with van der Waals surface area (Å²) in [5.74, 6) is 0.0286. The highest BCUT2D eigenvalue weighted by molar-refractivity contribution is 5.90. The summed E-state index contributed by atoms with van der Waals surface area (Å²) in [5.41, 5.74) is 0. The second kappa shape index (κ2) is 9.88. The molecule has 2 rings (SSSR count). The van der Waals surface area contributed by atoms with Crippen LogP contribution in [0.25, 0.3) is 10.8 Å². The van der Waals surface area contributed by atoms with Crippen molar-refractivity contribution in [2.24, 2.45) is 0 Å². The van der Waals surface area contributed by atoms with E-state index in [2.05, 4.69) is 13.2 Å². The SMILES string of the molecule is C=CC(=O)OCCOc1ccc2ccccc2c1OCCOC(=O)C=C. The van der Waals surface area contributed by atoms with Crippen molar-refractivity contribution in [2.75, 3.05) is 26.4 Å². The summed E-state index contributed by atoms with van der Waals surface area (Å²) in [6.45, 7) is 7.17. The van der Waals surface area contributed by atoms with E-state index in [0.29, 0.717) is 11.5 Å². The highest BCUT2D eigenvalue weighted by Crippen LogP contribution is 2.35. The molecule has 136 valence electrons. The normalized spacial score (nSPS) is 10.0. The lowest BCUT2D eigenvalue weighted by Gasteiger charge is -2.15. The molecule has 6 heteroatoms. The summed E-state index contributed by atoms with van der Waals surface area (Å²) in [4.78, 5) is 22.1. The molecular formula is C20H20O6. The Morgan fingerprint density at radius 1 is 0.808 bits per heavy atom. The zero-order valence-electron chi connectivity index (χ0n) is 14.3. The van der Waals surface area contributed by atoms with Crippen molar-refractivity contribution in [1.29, 1.82) is 0 Å². The largest absolute Gasteiger partial charge is 0.486 e. The van der Waals surface area contributed by atoms with E-state index in [1.807, 2.05) is 30.3 Å². The Morgan fingerprint density at radius 3 is 2.08 bits per heavy atom. The fourth-order valence-electron chi connectivity index (χ4n) is 2.18. The molecule has 0 bridgehead atoms. The lowest BCUT2D eigenvalue weighted by molar-refractivity contribution is -0.139. The summed E-state index contributed by atoms with van der Waals surface area (Å²) in [6, 6.07) is 11.4. The minimum atomic E-state index is -0.507. The van der Waals surface area contributed by atoms with Crippen LogP contribution in [0, 0.1) is 0 Å². The van der Waals surface area contributed by atoms with Gasteiger partial charge in [-0.25, -0.2) is 9.59 Å². The molecule has 0 saturated heterocycles. The third-order valence-corrected chi connectivity index (χ3v) is 3.34. The number of carbonyl (C=O) groups is 2. The Labute approximate surface area is 151 Å². The number of fused-ring (bicyclic) bond motifs is 1. The number of hydrogen-bond acceptors (Lipinski definition) is 6. The van der Waals surface area contributed by atoms with Gasteiger partial charge in [0.15, 0.2) is 11.5 Å². The predicted octanol–water partition coefficient (Wildman–Crippen LogP) is 3.06. The van der Waals surface area contributed by atoms with Crippen molar-refractivity contribution in [2.45, 2.75) is 0 Å². The van der Waals surface area contributed by atoms with Crippen molar-refractivity contribution in [3.8, 4) is 11.5 Å². The molecule has 0 atom stereocenters. The maximum Gasteiger partial charge on any atom is 0.330 e. The average Bonchev–Trinajstić information content (AvgIpc) is 2.68. The standard InChI is InChI=1S/C20H20O6/c1-3-18(21)24-12-11-23-17-10-9-15-7-5-6-8-16(15)20(17)26-14-13-25-19(22)4-2/h3-10H,1-2,11-14H2. The minimum Gasteiger partial charge on any atom is -0.486 e. The number of carbonyl (C=O) groups excluding carboxylic acids is 2. The molecule has 0 amide bonds. The smallest absolute Gasteiger partial charge is 0.330 e. The first-order valence-electron chi connectivity index (χ1n) is 8.01. The monoisotopic (exact) mass is 356 g/mol. The Morgan fingerprint density at radius 2 is 1.42 bits per heavy atom. The number of hydrogen-bond donors (Lipinski definition) is 0. The molecule has 2 aromatic carbocycles. The van der Waals surface area contributed by atoms with Crippen molar-refractivity contribution >= 4 is 22.7 Å². The van der Waals surface area contributed by atoms with Crippen LogP contribution in [0.4, 0.5) is 0 Å². The van der Waals surface area contributed by atoms with E-state index in [-0.39, 0.29) is 26.4 Å². The van der Waals surface area contributed by atoms with Gasteiger partial charge in [-0.05, 0) is 11.5 Å². The van der Waals surface area contributed by atoms with E-state index in [4.69, 9.17) is 18.9 Å². The molecule has 0 fully saturated rings. The lowest BCUT2D eigenvalue weighted by atomic mass is 10.1. The highest BCUT2D eigenvalue weighted by Gasteiger charge is 2.11. The van der Waals surface area contributed by atoms with E-state index in [1.54, 1.807) is 6.07 Å². The molecule has 26 heavy (non-hydrogen) atoms. The van der Waals surface area contributed by atoms with Crippen LogP contribution >= 0.6 is 0 Å². The first kappa shape index (κ1) is 19.1. The van der Waals surface area contributed by atoms with Gasteiger partial charge in [0.1, 0.15) is 26.4 Å². The second-order valence-corrected chi connectivity index (χ2v) is 5.05. The number of ether oxygens (including phenoxy) is 4. The van der Waals surface area contributed by atoms with Crippen LogP contribution in [0.5, 0.6) is 11.5 Å². The topological polar surface area (TPSA) is 71.1 Å². The molecule has 0 aliphatic heterocycles. The van der Waals surface area contributed by atoms with E-state index in [9.17, 15) is 9.59 Å². The van der Waals surface area contributed by atoms with Gasteiger partial charge in [0.2, 0.25) is 0 Å². The van der Waals surface area contributed by atoms with Crippen molar-refractivity contribution in [1.82, 2.24) is 0 Å². The summed E-state index contributed by atoms with van der Waals surface area (Å²) in [7, 11) is 0. The van der Waals surface area contributed by atoms with Gasteiger partial charge in [0.05, 0.1) is 0 Å². The fourth-order valence-corrected chi connectivity index (χ4v) is 2.18. The molecule has 0 spiro atoms. The van der Waals surface area contributed by atoms with Gasteiger partial charge in [-0.3, -0.25) is 0 Å². The molecule has 2 aromatic rings. The zero-order valence-corrected chi connectivity index (χ0v) is 14.3. The molecule has 0 saturated carbocycles. The van der Waals surface area contributed by atoms with Crippen molar-refractivity contribution in [3.63, 3.8) is 0 Å². The molecule has 0 aliphatic rings. The Balaban J connectivity index is 2.07. The average molecular weight is 356 g/mol. The van der Waals surface area contributed by atoms with Crippen molar-refractivity contribution in [3.05, 3.63) is 61.7 Å². The number of rotatable bonds is 10. The second-order valence-electron chi connectivity index (χ2n) is 5.05. The Bertz CT molecular complexity index is 796. The fraction of sp³-hybridized carbons (Fsp3) is 0.200. The molecule has 0 N–H and O–H groups in total. The van der Waals surface area contributed by atoms with E-state index in [0.717, 1.165) is 22.9 Å². The molecule has 0 heterocycles. The van der Waals surface area contributed by atoms with Gasteiger partial charge >= 0.3 is 11.9 Å². The maximum atomic E-state index is 11.1. The van der Waals surface area contributed by atoms with Crippen LogP contribution in [0.3, 0.4) is 0 Å². The molecule has 6 nitrogen and oxygen atoms in total. The quantitative estimate of drug-likeness (QED) is 0.370. The zero-order chi connectivity index (χ0) is 18.8. The Hall–Kier alpha value is -3.28. The van der Waals surface area contributed by atoms with E-state index in [1.165, 1.54) is 0 Å². The molecule has 0 unspecified atom stereocenters. The maximum absolute atomic E-state index is 11.1. The van der Waals surface area contributed by atoms with Crippen LogP contribution in [0.1, 0.15) is 0 Å². The molecule has 0 radical (unpaired) electrons. The van der Waals surface area contributed by atoms with Gasteiger partial charge < -0.3 is 18.9 Å². The van der Waals surface area contributed by atoms with Crippen LogP contribution in [0.2, 0.25) is 0 Å². The lowest BCUT2D eigenvalue weighted by Crippen LogP contribution is -2.13. The van der Waals surface area contributed by atoms with Crippen LogP contribution < -0.4 is 9.47 Å². The van der Waals surface area contributed by atoms with Crippen molar-refractivity contribution < 1.29 is 28.5 Å². The van der Waals surface area contributed by atoms with Gasteiger partial charge in [0.25, 0.3) is 0 Å². The Kier molecular flexibility index (Phi) is 7.24. The van der Waals surface area contributed by atoms with Gasteiger partial charge in [0, 0.05) is 17.5 Å². The van der Waals surface area contributed by atoms with E-state index >= 15 is 0 Å². The van der Waals surface area contributed by atoms with Crippen LogP contribution in [0.15, 0.2) is 61.7 Å². The van der Waals surface area contributed by atoms with Crippen LogP contribution in [-0.4, -0.2) is 38.4 Å². The highest BCUT2D eigenvalue weighted by atomic mass is 16.6. The first-order valence-corrected chi connectivity index (χ1v) is 8.01. The van der Waals surface area contributed by atoms with E-state index < -0.39 is 11.9 Å².